The second-order valence-corrected chi connectivity index (χ2v) is 4.95. The van der Waals surface area contributed by atoms with E-state index >= 15 is 0 Å². The molecule has 0 spiro atoms. The molecule has 1 atom stereocenters. The van der Waals surface area contributed by atoms with Crippen LogP contribution in [-0.2, 0) is 9.59 Å². The lowest BCUT2D eigenvalue weighted by atomic mass is 10.1. The number of aliphatic carboxylic acids is 1. The normalized spacial score (nSPS) is 17.8. The van der Waals surface area contributed by atoms with Crippen LogP contribution < -0.4 is 0 Å². The fourth-order valence-electron chi connectivity index (χ4n) is 2.38. The first-order chi connectivity index (χ1) is 8.54. The van der Waals surface area contributed by atoms with Crippen molar-refractivity contribution in [2.24, 2.45) is 0 Å². The maximum absolute atomic E-state index is 12.1. The molecule has 5 nitrogen and oxygen atoms in total. The van der Waals surface area contributed by atoms with Crippen molar-refractivity contribution in [1.82, 2.24) is 9.80 Å². The Balaban J connectivity index is 2.45. The van der Waals surface area contributed by atoms with E-state index in [2.05, 4.69) is 0 Å². The van der Waals surface area contributed by atoms with Gasteiger partial charge in [0.2, 0.25) is 5.91 Å². The van der Waals surface area contributed by atoms with Gasteiger partial charge in [-0.15, -0.1) is 0 Å². The zero-order valence-corrected chi connectivity index (χ0v) is 11.4. The van der Waals surface area contributed by atoms with Gasteiger partial charge in [0.15, 0.2) is 0 Å². The van der Waals surface area contributed by atoms with Gasteiger partial charge in [0.25, 0.3) is 0 Å². The lowest BCUT2D eigenvalue weighted by Gasteiger charge is -2.31. The number of hydrogen-bond acceptors (Lipinski definition) is 3. The van der Waals surface area contributed by atoms with Crippen molar-refractivity contribution in [3.05, 3.63) is 0 Å². The highest BCUT2D eigenvalue weighted by Gasteiger charge is 2.22. The zero-order valence-electron chi connectivity index (χ0n) is 11.4. The molecular formula is C13H24N2O3. The van der Waals surface area contributed by atoms with E-state index in [4.69, 9.17) is 5.11 Å². The van der Waals surface area contributed by atoms with Gasteiger partial charge in [0.05, 0.1) is 13.0 Å². The zero-order chi connectivity index (χ0) is 13.5. The number of rotatable bonds is 6. The van der Waals surface area contributed by atoms with E-state index in [1.54, 1.807) is 0 Å². The second kappa shape index (κ2) is 7.36. The Kier molecular flexibility index (Phi) is 6.12. The molecule has 104 valence electrons. The Bertz CT molecular complexity index is 288. The van der Waals surface area contributed by atoms with Gasteiger partial charge in [0.1, 0.15) is 0 Å². The molecule has 1 heterocycles. The number of carboxylic acid groups (broad SMARTS) is 1. The molecule has 0 aromatic rings. The number of carbonyl (C=O) groups excluding carboxylic acids is 1. The van der Waals surface area contributed by atoms with Crippen LogP contribution in [0.15, 0.2) is 0 Å². The molecule has 0 radical (unpaired) electrons. The third-order valence-corrected chi connectivity index (χ3v) is 3.55. The Morgan fingerprint density at radius 3 is 2.39 bits per heavy atom. The third-order valence-electron chi connectivity index (χ3n) is 3.55. The molecule has 1 unspecified atom stereocenters. The Morgan fingerprint density at radius 1 is 1.28 bits per heavy atom. The van der Waals surface area contributed by atoms with Crippen LogP contribution in [-0.4, -0.2) is 59.0 Å². The average Bonchev–Trinajstić information content (AvgIpc) is 2.35. The summed E-state index contributed by atoms with van der Waals surface area (Å²) < 4.78 is 0. The van der Waals surface area contributed by atoms with Crippen molar-refractivity contribution in [3.8, 4) is 0 Å². The van der Waals surface area contributed by atoms with Crippen LogP contribution in [0, 0.1) is 0 Å². The Hall–Kier alpha value is -1.10. The summed E-state index contributed by atoms with van der Waals surface area (Å²) in [6.07, 6.45) is 3.46. The Labute approximate surface area is 109 Å². The summed E-state index contributed by atoms with van der Waals surface area (Å²) in [7, 11) is 0. The van der Waals surface area contributed by atoms with E-state index < -0.39 is 5.97 Å². The lowest BCUT2D eigenvalue weighted by Crippen LogP contribution is -2.45. The number of nitrogens with zero attached hydrogens (tertiary/aromatic N) is 2. The van der Waals surface area contributed by atoms with Gasteiger partial charge in [-0.2, -0.15) is 0 Å². The molecule has 0 bridgehead atoms. The van der Waals surface area contributed by atoms with Crippen LogP contribution in [0.2, 0.25) is 0 Å². The molecule has 1 amide bonds. The first kappa shape index (κ1) is 15.0. The number of likely N-dealkylation sites (N-methyl/N-ethyl adjacent to an activating group) is 1. The fourth-order valence-corrected chi connectivity index (χ4v) is 2.38. The summed E-state index contributed by atoms with van der Waals surface area (Å²) in [6.45, 7) is 6.56. The van der Waals surface area contributed by atoms with Crippen molar-refractivity contribution < 1.29 is 14.7 Å². The van der Waals surface area contributed by atoms with E-state index in [1.807, 2.05) is 23.6 Å². The van der Waals surface area contributed by atoms with Crippen molar-refractivity contribution in [2.75, 3.05) is 26.2 Å². The second-order valence-electron chi connectivity index (χ2n) is 4.95. The third kappa shape index (κ3) is 4.64. The molecule has 0 aliphatic carbocycles. The van der Waals surface area contributed by atoms with Gasteiger partial charge < -0.3 is 10.0 Å². The summed E-state index contributed by atoms with van der Waals surface area (Å²) in [5, 5.41) is 8.79. The van der Waals surface area contributed by atoms with Gasteiger partial charge in [-0.1, -0.05) is 6.92 Å². The van der Waals surface area contributed by atoms with Crippen LogP contribution in [0.5, 0.6) is 0 Å². The van der Waals surface area contributed by atoms with Gasteiger partial charge >= 0.3 is 5.97 Å². The smallest absolute Gasteiger partial charge is 0.304 e. The van der Waals surface area contributed by atoms with E-state index in [0.717, 1.165) is 25.9 Å². The van der Waals surface area contributed by atoms with E-state index in [0.29, 0.717) is 13.1 Å². The summed E-state index contributed by atoms with van der Waals surface area (Å²) in [4.78, 5) is 26.6. The Morgan fingerprint density at radius 2 is 1.89 bits per heavy atom. The molecule has 1 fully saturated rings. The van der Waals surface area contributed by atoms with Crippen LogP contribution in [0.4, 0.5) is 0 Å². The van der Waals surface area contributed by atoms with Gasteiger partial charge in [0, 0.05) is 19.1 Å². The molecule has 1 rings (SSSR count). The van der Waals surface area contributed by atoms with Crippen LogP contribution >= 0.6 is 0 Å². The molecule has 1 aliphatic heterocycles. The van der Waals surface area contributed by atoms with Crippen LogP contribution in [0.25, 0.3) is 0 Å². The van der Waals surface area contributed by atoms with Crippen molar-refractivity contribution in [2.45, 2.75) is 45.6 Å². The minimum atomic E-state index is -0.814. The molecule has 18 heavy (non-hydrogen) atoms. The van der Waals surface area contributed by atoms with E-state index in [1.165, 1.54) is 6.42 Å². The maximum atomic E-state index is 12.1. The van der Waals surface area contributed by atoms with Gasteiger partial charge in [-0.3, -0.25) is 14.5 Å². The number of amides is 1. The molecule has 0 aromatic heterocycles. The largest absolute Gasteiger partial charge is 0.481 e. The van der Waals surface area contributed by atoms with E-state index in [9.17, 15) is 9.59 Å². The number of hydrogen-bond donors (Lipinski definition) is 1. The monoisotopic (exact) mass is 256 g/mol. The minimum absolute atomic E-state index is 0.0844. The highest BCUT2D eigenvalue weighted by atomic mass is 16.4. The summed E-state index contributed by atoms with van der Waals surface area (Å²) >= 11 is 0. The molecule has 1 aliphatic rings. The molecular weight excluding hydrogens is 232 g/mol. The van der Waals surface area contributed by atoms with Crippen molar-refractivity contribution >= 4 is 11.9 Å². The summed E-state index contributed by atoms with van der Waals surface area (Å²) in [5.74, 6) is -0.680. The van der Waals surface area contributed by atoms with Crippen molar-refractivity contribution in [3.63, 3.8) is 0 Å². The first-order valence-corrected chi connectivity index (χ1v) is 6.78. The number of carbonyl (C=O) groups is 2. The maximum Gasteiger partial charge on any atom is 0.304 e. The fraction of sp³-hybridized carbons (Fsp3) is 0.846. The first-order valence-electron chi connectivity index (χ1n) is 6.78. The minimum Gasteiger partial charge on any atom is -0.481 e. The number of carboxylic acids is 1. The number of piperidine rings is 1. The number of likely N-dealkylation sites (tertiary alicyclic amines) is 1. The summed E-state index contributed by atoms with van der Waals surface area (Å²) in [5.41, 5.74) is 0. The summed E-state index contributed by atoms with van der Waals surface area (Å²) in [6, 6.07) is -0.0961. The highest BCUT2D eigenvalue weighted by Crippen LogP contribution is 2.10. The van der Waals surface area contributed by atoms with Crippen LogP contribution in [0.1, 0.15) is 39.5 Å². The topological polar surface area (TPSA) is 60.9 Å². The predicted octanol–water partition coefficient (Wildman–Crippen LogP) is 1.18. The molecule has 1 saturated heterocycles. The van der Waals surface area contributed by atoms with Crippen LogP contribution in [0.3, 0.4) is 0 Å². The van der Waals surface area contributed by atoms with Crippen molar-refractivity contribution in [1.29, 1.82) is 0 Å². The predicted molar refractivity (Wildman–Crippen MR) is 69.4 cm³/mol. The van der Waals surface area contributed by atoms with Gasteiger partial charge in [-0.05, 0) is 32.7 Å². The van der Waals surface area contributed by atoms with E-state index in [-0.39, 0.29) is 18.4 Å². The molecule has 0 aromatic carbocycles. The molecule has 5 heteroatoms. The quantitative estimate of drug-likeness (QED) is 0.775. The molecule has 1 N–H and O–H groups in total. The lowest BCUT2D eigenvalue weighted by molar-refractivity contribution is -0.140. The standard InChI is InChI=1S/C13H24N2O3/c1-3-14(11(2)9-13(17)18)10-12(16)15-7-5-4-6-8-15/h11H,3-10H2,1-2H3,(H,17,18). The highest BCUT2D eigenvalue weighted by molar-refractivity contribution is 5.78. The average molecular weight is 256 g/mol. The van der Waals surface area contributed by atoms with Gasteiger partial charge in [-0.25, -0.2) is 0 Å². The SMILES string of the molecule is CCN(CC(=O)N1CCCCC1)C(C)CC(=O)O. The molecule has 0 saturated carbocycles.